The van der Waals surface area contributed by atoms with E-state index in [1.807, 2.05) is 6.92 Å². The molecule has 0 bridgehead atoms. The second-order valence-corrected chi connectivity index (χ2v) is 6.38. The first-order valence-corrected chi connectivity index (χ1v) is 7.70. The summed E-state index contributed by atoms with van der Waals surface area (Å²) in [5.74, 6) is 0.469. The zero-order valence-electron chi connectivity index (χ0n) is 10.4. The Bertz CT molecular complexity index is 493. The summed E-state index contributed by atoms with van der Waals surface area (Å²) < 4.78 is 1.12. The van der Waals surface area contributed by atoms with Gasteiger partial charge >= 0.3 is 0 Å². The fourth-order valence-corrected chi connectivity index (χ4v) is 3.09. The van der Waals surface area contributed by atoms with Crippen LogP contribution in [0, 0.1) is 12.8 Å². The zero-order chi connectivity index (χ0) is 13.0. The Kier molecular flexibility index (Phi) is 4.92. The number of hydrogen-bond donors (Lipinski definition) is 1. The van der Waals surface area contributed by atoms with E-state index in [1.165, 1.54) is 10.6 Å². The standard InChI is InChI=1S/C14H17BrN2S/c1-10-9-18-14(17-10)7-12(8-16)6-11-2-4-13(15)5-3-11/h2-5,9,12H,6-8,16H2,1H3. The van der Waals surface area contributed by atoms with E-state index in [4.69, 9.17) is 5.73 Å². The number of aryl methyl sites for hydroxylation is 1. The Morgan fingerprint density at radius 2 is 2.00 bits per heavy atom. The summed E-state index contributed by atoms with van der Waals surface area (Å²) in [6.07, 6.45) is 1.99. The van der Waals surface area contributed by atoms with E-state index >= 15 is 0 Å². The molecule has 2 nitrogen and oxygen atoms in total. The number of rotatable bonds is 5. The van der Waals surface area contributed by atoms with E-state index in [0.717, 1.165) is 23.0 Å². The quantitative estimate of drug-likeness (QED) is 0.913. The molecule has 1 heterocycles. The number of hydrogen-bond acceptors (Lipinski definition) is 3. The average molecular weight is 325 g/mol. The number of halogens is 1. The van der Waals surface area contributed by atoms with Crippen molar-refractivity contribution in [2.45, 2.75) is 19.8 Å². The van der Waals surface area contributed by atoms with Gasteiger partial charge in [-0.15, -0.1) is 11.3 Å². The van der Waals surface area contributed by atoms with E-state index in [-0.39, 0.29) is 0 Å². The lowest BCUT2D eigenvalue weighted by Crippen LogP contribution is -2.19. The molecule has 96 valence electrons. The van der Waals surface area contributed by atoms with Crippen molar-refractivity contribution in [2.24, 2.45) is 11.7 Å². The molecule has 0 spiro atoms. The van der Waals surface area contributed by atoms with Crippen LogP contribution in [-0.2, 0) is 12.8 Å². The summed E-state index contributed by atoms with van der Waals surface area (Å²) >= 11 is 5.18. The van der Waals surface area contributed by atoms with E-state index < -0.39 is 0 Å². The number of benzene rings is 1. The molecular formula is C14H17BrN2S. The first-order chi connectivity index (χ1) is 8.67. The number of aromatic nitrogens is 1. The normalized spacial score (nSPS) is 12.6. The molecule has 0 aliphatic heterocycles. The van der Waals surface area contributed by atoms with Gasteiger partial charge in [-0.25, -0.2) is 4.98 Å². The van der Waals surface area contributed by atoms with Crippen LogP contribution in [0.1, 0.15) is 16.3 Å². The fourth-order valence-electron chi connectivity index (χ4n) is 1.94. The Labute approximate surface area is 120 Å². The highest BCUT2D eigenvalue weighted by Gasteiger charge is 2.11. The molecule has 2 rings (SSSR count). The van der Waals surface area contributed by atoms with Crippen LogP contribution in [0.3, 0.4) is 0 Å². The smallest absolute Gasteiger partial charge is 0.0931 e. The van der Waals surface area contributed by atoms with Crippen molar-refractivity contribution in [2.75, 3.05) is 6.54 Å². The van der Waals surface area contributed by atoms with Crippen LogP contribution in [0.2, 0.25) is 0 Å². The molecule has 0 radical (unpaired) electrons. The van der Waals surface area contributed by atoms with E-state index in [1.54, 1.807) is 11.3 Å². The molecule has 0 fully saturated rings. The minimum absolute atomic E-state index is 0.469. The van der Waals surface area contributed by atoms with Crippen LogP contribution in [0.5, 0.6) is 0 Å². The Balaban J connectivity index is 1.99. The highest BCUT2D eigenvalue weighted by Crippen LogP contribution is 2.18. The largest absolute Gasteiger partial charge is 0.330 e. The van der Waals surface area contributed by atoms with Crippen LogP contribution in [0.15, 0.2) is 34.1 Å². The second kappa shape index (κ2) is 6.45. The maximum atomic E-state index is 5.87. The lowest BCUT2D eigenvalue weighted by atomic mass is 9.96. The second-order valence-electron chi connectivity index (χ2n) is 4.52. The lowest BCUT2D eigenvalue weighted by Gasteiger charge is -2.13. The Morgan fingerprint density at radius 3 is 2.56 bits per heavy atom. The molecule has 0 aliphatic rings. The third-order valence-electron chi connectivity index (χ3n) is 2.90. The molecule has 0 amide bonds. The van der Waals surface area contributed by atoms with E-state index in [0.29, 0.717) is 12.5 Å². The maximum absolute atomic E-state index is 5.87. The molecule has 1 atom stereocenters. The summed E-state index contributed by atoms with van der Waals surface area (Å²) in [7, 11) is 0. The molecule has 2 aromatic rings. The summed E-state index contributed by atoms with van der Waals surface area (Å²) in [5.41, 5.74) is 8.31. The van der Waals surface area contributed by atoms with Gasteiger partial charge in [0.25, 0.3) is 0 Å². The van der Waals surface area contributed by atoms with Crippen LogP contribution >= 0.6 is 27.3 Å². The van der Waals surface area contributed by atoms with Gasteiger partial charge in [-0.2, -0.15) is 0 Å². The van der Waals surface area contributed by atoms with Gasteiger partial charge in [-0.1, -0.05) is 28.1 Å². The van der Waals surface area contributed by atoms with E-state index in [2.05, 4.69) is 50.6 Å². The third-order valence-corrected chi connectivity index (χ3v) is 4.42. The van der Waals surface area contributed by atoms with Crippen molar-refractivity contribution >= 4 is 27.3 Å². The lowest BCUT2D eigenvalue weighted by molar-refractivity contribution is 0.531. The molecule has 18 heavy (non-hydrogen) atoms. The van der Waals surface area contributed by atoms with Crippen LogP contribution in [-0.4, -0.2) is 11.5 Å². The van der Waals surface area contributed by atoms with Gasteiger partial charge in [0.15, 0.2) is 0 Å². The third kappa shape index (κ3) is 3.90. The van der Waals surface area contributed by atoms with Gasteiger partial charge in [-0.05, 0) is 43.5 Å². The van der Waals surface area contributed by atoms with Gasteiger partial charge < -0.3 is 5.73 Å². The molecule has 0 aliphatic carbocycles. The average Bonchev–Trinajstić information content (AvgIpc) is 2.77. The Morgan fingerprint density at radius 1 is 1.28 bits per heavy atom. The molecule has 1 aromatic heterocycles. The topological polar surface area (TPSA) is 38.9 Å². The van der Waals surface area contributed by atoms with Gasteiger partial charge in [0, 0.05) is 22.0 Å². The number of thiazole rings is 1. The predicted octanol–water partition coefficient (Wildman–Crippen LogP) is 3.57. The fraction of sp³-hybridized carbons (Fsp3) is 0.357. The van der Waals surface area contributed by atoms with Crippen molar-refractivity contribution in [3.05, 3.63) is 50.4 Å². The molecular weight excluding hydrogens is 308 g/mol. The molecule has 4 heteroatoms. The highest BCUT2D eigenvalue weighted by molar-refractivity contribution is 9.10. The predicted molar refractivity (Wildman–Crippen MR) is 80.9 cm³/mol. The van der Waals surface area contributed by atoms with Crippen molar-refractivity contribution in [3.8, 4) is 0 Å². The summed E-state index contributed by atoms with van der Waals surface area (Å²) in [6, 6.07) is 8.46. The highest BCUT2D eigenvalue weighted by atomic mass is 79.9. The van der Waals surface area contributed by atoms with Crippen molar-refractivity contribution in [1.82, 2.24) is 4.98 Å². The molecule has 1 unspecified atom stereocenters. The molecule has 1 aromatic carbocycles. The van der Waals surface area contributed by atoms with Crippen LogP contribution < -0.4 is 5.73 Å². The van der Waals surface area contributed by atoms with Crippen molar-refractivity contribution in [3.63, 3.8) is 0 Å². The number of nitrogens with two attached hydrogens (primary N) is 1. The van der Waals surface area contributed by atoms with Crippen LogP contribution in [0.25, 0.3) is 0 Å². The SMILES string of the molecule is Cc1csc(CC(CN)Cc2ccc(Br)cc2)n1. The first-order valence-electron chi connectivity index (χ1n) is 6.03. The van der Waals surface area contributed by atoms with Crippen LogP contribution in [0.4, 0.5) is 0 Å². The molecule has 0 saturated carbocycles. The minimum Gasteiger partial charge on any atom is -0.330 e. The summed E-state index contributed by atoms with van der Waals surface area (Å²) in [5, 5.41) is 3.29. The number of nitrogens with zero attached hydrogens (tertiary/aromatic N) is 1. The Hall–Kier alpha value is -0.710. The summed E-state index contributed by atoms with van der Waals surface area (Å²) in [4.78, 5) is 4.51. The van der Waals surface area contributed by atoms with Gasteiger partial charge in [-0.3, -0.25) is 0 Å². The molecule has 2 N–H and O–H groups in total. The first kappa shape index (κ1) is 13.7. The van der Waals surface area contributed by atoms with E-state index in [9.17, 15) is 0 Å². The van der Waals surface area contributed by atoms with Gasteiger partial charge in [0.1, 0.15) is 0 Å². The zero-order valence-corrected chi connectivity index (χ0v) is 12.8. The van der Waals surface area contributed by atoms with Gasteiger partial charge in [0.2, 0.25) is 0 Å². The summed E-state index contributed by atoms with van der Waals surface area (Å²) in [6.45, 7) is 2.74. The minimum atomic E-state index is 0.469. The molecule has 0 saturated heterocycles. The van der Waals surface area contributed by atoms with Crippen molar-refractivity contribution in [1.29, 1.82) is 0 Å². The van der Waals surface area contributed by atoms with Crippen molar-refractivity contribution < 1.29 is 0 Å². The maximum Gasteiger partial charge on any atom is 0.0931 e. The van der Waals surface area contributed by atoms with Gasteiger partial charge in [0.05, 0.1) is 5.01 Å². The monoisotopic (exact) mass is 324 g/mol.